The van der Waals surface area contributed by atoms with E-state index in [-0.39, 0.29) is 5.60 Å². The molecule has 2 fully saturated rings. The van der Waals surface area contributed by atoms with Crippen molar-refractivity contribution in [1.82, 2.24) is 14.8 Å². The zero-order chi connectivity index (χ0) is 17.0. The van der Waals surface area contributed by atoms with E-state index in [0.29, 0.717) is 18.8 Å². The molecule has 0 radical (unpaired) electrons. The molecule has 5 heteroatoms. The van der Waals surface area contributed by atoms with Gasteiger partial charge in [-0.2, -0.15) is 0 Å². The minimum absolute atomic E-state index is 0.145. The topological polar surface area (TPSA) is 37.8 Å². The first-order valence-electron chi connectivity index (χ1n) is 9.14. The van der Waals surface area contributed by atoms with Crippen molar-refractivity contribution < 1.29 is 9.47 Å². The smallest absolute Gasteiger partial charge is 0.105 e. The molecule has 0 saturated carbocycles. The minimum Gasteiger partial charge on any atom is -0.377 e. The summed E-state index contributed by atoms with van der Waals surface area (Å²) < 4.78 is 12.4. The van der Waals surface area contributed by atoms with Crippen molar-refractivity contribution in [2.75, 3.05) is 39.9 Å². The van der Waals surface area contributed by atoms with Gasteiger partial charge in [0.05, 0.1) is 25.0 Å². The monoisotopic (exact) mass is 333 g/mol. The maximum Gasteiger partial charge on any atom is 0.105 e. The van der Waals surface area contributed by atoms with Crippen LogP contribution in [0.1, 0.15) is 32.4 Å². The highest BCUT2D eigenvalue weighted by Gasteiger charge is 2.43. The first kappa shape index (κ1) is 17.8. The number of pyridine rings is 1. The Kier molecular flexibility index (Phi) is 5.87. The Morgan fingerprint density at radius 3 is 3.04 bits per heavy atom. The summed E-state index contributed by atoms with van der Waals surface area (Å²) >= 11 is 0. The Morgan fingerprint density at radius 1 is 1.42 bits per heavy atom. The second kappa shape index (κ2) is 7.91. The van der Waals surface area contributed by atoms with Gasteiger partial charge in [0.25, 0.3) is 0 Å². The molecule has 0 bridgehead atoms. The van der Waals surface area contributed by atoms with Crippen molar-refractivity contribution in [3.63, 3.8) is 0 Å². The SMILES string of the molecule is CC(C)N(C)C[C@@H]1CC[C@]2(COCCN(Cc3ccccn3)C2)O1. The average molecular weight is 333 g/mol. The molecule has 0 unspecified atom stereocenters. The van der Waals surface area contributed by atoms with Crippen LogP contribution in [-0.4, -0.2) is 72.4 Å². The molecule has 1 spiro atoms. The Morgan fingerprint density at radius 2 is 2.29 bits per heavy atom. The molecule has 2 atom stereocenters. The van der Waals surface area contributed by atoms with Crippen molar-refractivity contribution in [3.8, 4) is 0 Å². The third-order valence-corrected chi connectivity index (χ3v) is 5.25. The van der Waals surface area contributed by atoms with E-state index < -0.39 is 0 Å². The lowest BCUT2D eigenvalue weighted by atomic mass is 10.00. The fourth-order valence-electron chi connectivity index (χ4n) is 3.62. The highest BCUT2D eigenvalue weighted by atomic mass is 16.6. The molecule has 2 aliphatic rings. The lowest BCUT2D eigenvalue weighted by Gasteiger charge is -2.33. The molecule has 0 aliphatic carbocycles. The van der Waals surface area contributed by atoms with E-state index in [1.165, 1.54) is 0 Å². The Labute approximate surface area is 145 Å². The van der Waals surface area contributed by atoms with Crippen LogP contribution in [0, 0.1) is 0 Å². The normalized spacial score (nSPS) is 28.8. The standard InChI is InChI=1S/C19H31N3O2/c1-16(2)21(3)13-18-7-8-19(24-18)14-22(10-11-23-15-19)12-17-6-4-5-9-20-17/h4-6,9,16,18H,7-8,10-15H2,1-3H3/t18-,19-/m0/s1. The van der Waals surface area contributed by atoms with Crippen LogP contribution in [-0.2, 0) is 16.0 Å². The fourth-order valence-corrected chi connectivity index (χ4v) is 3.62. The second-order valence-electron chi connectivity index (χ2n) is 7.58. The number of aromatic nitrogens is 1. The molecule has 24 heavy (non-hydrogen) atoms. The summed E-state index contributed by atoms with van der Waals surface area (Å²) in [6.07, 6.45) is 4.39. The molecule has 3 rings (SSSR count). The van der Waals surface area contributed by atoms with E-state index in [1.807, 2.05) is 12.3 Å². The van der Waals surface area contributed by atoms with Crippen LogP contribution in [0.2, 0.25) is 0 Å². The largest absolute Gasteiger partial charge is 0.377 e. The lowest BCUT2D eigenvalue weighted by molar-refractivity contribution is -0.0925. The minimum atomic E-state index is -0.145. The Hall–Kier alpha value is -1.01. The van der Waals surface area contributed by atoms with Gasteiger partial charge in [0.1, 0.15) is 5.60 Å². The molecule has 2 aliphatic heterocycles. The Bertz CT molecular complexity index is 511. The molecule has 2 saturated heterocycles. The van der Waals surface area contributed by atoms with E-state index in [4.69, 9.17) is 9.47 Å². The molecule has 0 aromatic carbocycles. The summed E-state index contributed by atoms with van der Waals surface area (Å²) in [5.41, 5.74) is 0.969. The van der Waals surface area contributed by atoms with Gasteiger partial charge in [-0.1, -0.05) is 6.07 Å². The molecular weight excluding hydrogens is 302 g/mol. The summed E-state index contributed by atoms with van der Waals surface area (Å²) in [6, 6.07) is 6.66. The van der Waals surface area contributed by atoms with Gasteiger partial charge in [0, 0.05) is 38.4 Å². The van der Waals surface area contributed by atoms with Crippen molar-refractivity contribution in [2.45, 2.75) is 51.0 Å². The third kappa shape index (κ3) is 4.54. The predicted molar refractivity (Wildman–Crippen MR) is 94.9 cm³/mol. The van der Waals surface area contributed by atoms with E-state index in [1.54, 1.807) is 0 Å². The second-order valence-corrected chi connectivity index (χ2v) is 7.58. The number of nitrogens with zero attached hydrogens (tertiary/aromatic N) is 3. The zero-order valence-corrected chi connectivity index (χ0v) is 15.3. The zero-order valence-electron chi connectivity index (χ0n) is 15.3. The first-order chi connectivity index (χ1) is 11.6. The van der Waals surface area contributed by atoms with Crippen molar-refractivity contribution in [3.05, 3.63) is 30.1 Å². The van der Waals surface area contributed by atoms with E-state index in [0.717, 1.165) is 51.3 Å². The van der Waals surface area contributed by atoms with Crippen molar-refractivity contribution in [2.24, 2.45) is 0 Å². The van der Waals surface area contributed by atoms with Crippen LogP contribution in [0.25, 0.3) is 0 Å². The van der Waals surface area contributed by atoms with Gasteiger partial charge in [-0.3, -0.25) is 9.88 Å². The van der Waals surface area contributed by atoms with Crippen LogP contribution >= 0.6 is 0 Å². The molecule has 5 nitrogen and oxygen atoms in total. The molecule has 3 heterocycles. The van der Waals surface area contributed by atoms with E-state index in [9.17, 15) is 0 Å². The summed E-state index contributed by atoms with van der Waals surface area (Å²) in [5.74, 6) is 0. The van der Waals surface area contributed by atoms with Gasteiger partial charge in [0.15, 0.2) is 0 Å². The molecule has 0 amide bonds. The predicted octanol–water partition coefficient (Wildman–Crippen LogP) is 2.17. The quantitative estimate of drug-likeness (QED) is 0.826. The highest BCUT2D eigenvalue weighted by Crippen LogP contribution is 2.33. The maximum atomic E-state index is 6.53. The third-order valence-electron chi connectivity index (χ3n) is 5.25. The van der Waals surface area contributed by atoms with Crippen LogP contribution < -0.4 is 0 Å². The van der Waals surface area contributed by atoms with Crippen LogP contribution in [0.5, 0.6) is 0 Å². The fraction of sp³-hybridized carbons (Fsp3) is 0.737. The Balaban J connectivity index is 1.60. The summed E-state index contributed by atoms with van der Waals surface area (Å²) in [4.78, 5) is 9.26. The average Bonchev–Trinajstić information content (AvgIpc) is 2.83. The molecule has 1 aromatic rings. The number of rotatable bonds is 5. The van der Waals surface area contributed by atoms with Gasteiger partial charge in [-0.05, 0) is 45.9 Å². The van der Waals surface area contributed by atoms with E-state index in [2.05, 4.69) is 47.8 Å². The van der Waals surface area contributed by atoms with Crippen molar-refractivity contribution in [1.29, 1.82) is 0 Å². The number of hydrogen-bond donors (Lipinski definition) is 0. The van der Waals surface area contributed by atoms with Gasteiger partial charge in [0.2, 0.25) is 0 Å². The van der Waals surface area contributed by atoms with Gasteiger partial charge in [-0.25, -0.2) is 0 Å². The van der Waals surface area contributed by atoms with Crippen molar-refractivity contribution >= 4 is 0 Å². The molecular formula is C19H31N3O2. The van der Waals surface area contributed by atoms with Crippen LogP contribution in [0.4, 0.5) is 0 Å². The lowest BCUT2D eigenvalue weighted by Crippen LogP contribution is -2.45. The number of ether oxygens (including phenoxy) is 2. The van der Waals surface area contributed by atoms with Gasteiger partial charge < -0.3 is 14.4 Å². The maximum absolute atomic E-state index is 6.53. The summed E-state index contributed by atoms with van der Waals surface area (Å²) in [5, 5.41) is 0. The number of likely N-dealkylation sites (N-methyl/N-ethyl adjacent to an activating group) is 1. The van der Waals surface area contributed by atoms with Gasteiger partial charge >= 0.3 is 0 Å². The van der Waals surface area contributed by atoms with Gasteiger partial charge in [-0.15, -0.1) is 0 Å². The molecule has 134 valence electrons. The van der Waals surface area contributed by atoms with Crippen LogP contribution in [0.3, 0.4) is 0 Å². The van der Waals surface area contributed by atoms with Crippen LogP contribution in [0.15, 0.2) is 24.4 Å². The summed E-state index contributed by atoms with van der Waals surface area (Å²) in [6.45, 7) is 9.69. The van der Waals surface area contributed by atoms with E-state index >= 15 is 0 Å². The summed E-state index contributed by atoms with van der Waals surface area (Å²) in [7, 11) is 2.18. The first-order valence-corrected chi connectivity index (χ1v) is 9.14. The number of hydrogen-bond acceptors (Lipinski definition) is 5. The molecule has 1 aromatic heterocycles. The highest BCUT2D eigenvalue weighted by molar-refractivity contribution is 5.04. The molecule has 0 N–H and O–H groups in total.